The fraction of sp³-hybridized carbons (Fsp3) is 0.280. The van der Waals surface area contributed by atoms with E-state index in [1.807, 2.05) is 25.1 Å². The molecule has 0 unspecified atom stereocenters. The molecule has 1 N–H and O–H groups in total. The predicted octanol–water partition coefficient (Wildman–Crippen LogP) is 2.87. The zero-order chi connectivity index (χ0) is 25.2. The number of methoxy groups -OCH3 is 3. The van der Waals surface area contributed by atoms with Crippen molar-refractivity contribution >= 4 is 12.1 Å². The van der Waals surface area contributed by atoms with Crippen LogP contribution >= 0.6 is 0 Å². The van der Waals surface area contributed by atoms with Crippen LogP contribution in [-0.4, -0.2) is 75.6 Å². The van der Waals surface area contributed by atoms with Crippen molar-refractivity contribution in [2.45, 2.75) is 0 Å². The molecule has 3 aromatic rings. The Bertz CT molecular complexity index is 1160. The molecule has 0 fully saturated rings. The number of carbonyl (C=O) groups is 1. The van der Waals surface area contributed by atoms with E-state index < -0.39 is 5.91 Å². The summed E-state index contributed by atoms with van der Waals surface area (Å²) < 4.78 is 21.8. The van der Waals surface area contributed by atoms with Crippen LogP contribution in [0.5, 0.6) is 23.0 Å². The maximum Gasteiger partial charge on any atom is 0.291 e. The van der Waals surface area contributed by atoms with Gasteiger partial charge in [-0.3, -0.25) is 9.78 Å². The fourth-order valence-corrected chi connectivity index (χ4v) is 3.03. The summed E-state index contributed by atoms with van der Waals surface area (Å²) in [6, 6.07) is 10.7. The Morgan fingerprint density at radius 3 is 2.37 bits per heavy atom. The number of nitrogens with zero attached hydrogens (tertiary/aromatic N) is 4. The molecule has 35 heavy (non-hydrogen) atoms. The number of aromatic nitrogens is 2. The summed E-state index contributed by atoms with van der Waals surface area (Å²) in [4.78, 5) is 23.3. The van der Waals surface area contributed by atoms with Gasteiger partial charge in [-0.05, 0) is 38.4 Å². The second kappa shape index (κ2) is 12.3. The number of nitrogens with one attached hydrogen (secondary N) is 1. The van der Waals surface area contributed by atoms with Crippen molar-refractivity contribution in [3.8, 4) is 34.3 Å². The quantitative estimate of drug-likeness (QED) is 0.331. The number of carbonyl (C=O) groups excluding carboxylic acids is 1. The first-order valence-electron chi connectivity index (χ1n) is 10.8. The van der Waals surface area contributed by atoms with Gasteiger partial charge in [-0.25, -0.2) is 10.4 Å². The van der Waals surface area contributed by atoms with E-state index in [9.17, 15) is 4.79 Å². The molecule has 0 saturated heterocycles. The van der Waals surface area contributed by atoms with Crippen LogP contribution in [0.3, 0.4) is 0 Å². The van der Waals surface area contributed by atoms with Gasteiger partial charge in [0.15, 0.2) is 0 Å². The van der Waals surface area contributed by atoms with Gasteiger partial charge in [0, 0.05) is 29.8 Å². The molecule has 3 rings (SSSR count). The van der Waals surface area contributed by atoms with Gasteiger partial charge < -0.3 is 23.8 Å². The minimum Gasteiger partial charge on any atom is -0.497 e. The van der Waals surface area contributed by atoms with E-state index in [-0.39, 0.29) is 5.69 Å². The van der Waals surface area contributed by atoms with E-state index in [1.165, 1.54) is 12.4 Å². The number of hydrazone groups is 1. The van der Waals surface area contributed by atoms with Crippen LogP contribution in [0.4, 0.5) is 0 Å². The van der Waals surface area contributed by atoms with E-state index in [4.69, 9.17) is 18.9 Å². The lowest BCUT2D eigenvalue weighted by Gasteiger charge is -2.15. The van der Waals surface area contributed by atoms with Gasteiger partial charge >= 0.3 is 0 Å². The summed E-state index contributed by atoms with van der Waals surface area (Å²) >= 11 is 0. The molecular weight excluding hydrogens is 450 g/mol. The highest BCUT2D eigenvalue weighted by atomic mass is 16.5. The van der Waals surface area contributed by atoms with E-state index in [2.05, 4.69) is 20.5 Å². The van der Waals surface area contributed by atoms with Crippen LogP contribution in [0.1, 0.15) is 16.1 Å². The highest BCUT2D eigenvalue weighted by Crippen LogP contribution is 2.32. The van der Waals surface area contributed by atoms with Gasteiger partial charge in [0.2, 0.25) is 0 Å². The van der Waals surface area contributed by atoms with Crippen molar-refractivity contribution < 1.29 is 23.7 Å². The first-order valence-corrected chi connectivity index (χ1v) is 10.8. The van der Waals surface area contributed by atoms with Crippen LogP contribution in [0.25, 0.3) is 11.3 Å². The topological polar surface area (TPSA) is 107 Å². The largest absolute Gasteiger partial charge is 0.497 e. The molecule has 10 heteroatoms. The number of ether oxygens (including phenoxy) is 4. The number of hydrogen-bond acceptors (Lipinski definition) is 9. The lowest BCUT2D eigenvalue weighted by atomic mass is 10.1. The van der Waals surface area contributed by atoms with Gasteiger partial charge in [0.1, 0.15) is 35.3 Å². The maximum atomic E-state index is 12.7. The molecule has 0 aliphatic rings. The first kappa shape index (κ1) is 25.4. The number of hydrogen-bond donors (Lipinski definition) is 1. The van der Waals surface area contributed by atoms with Gasteiger partial charge in [-0.15, -0.1) is 0 Å². The number of amides is 1. The molecule has 0 saturated carbocycles. The Morgan fingerprint density at radius 2 is 1.71 bits per heavy atom. The zero-order valence-electron chi connectivity index (χ0n) is 20.4. The van der Waals surface area contributed by atoms with E-state index in [0.29, 0.717) is 46.4 Å². The summed E-state index contributed by atoms with van der Waals surface area (Å²) in [7, 11) is 8.65. The molecule has 2 aromatic carbocycles. The van der Waals surface area contributed by atoms with Gasteiger partial charge in [0.25, 0.3) is 5.91 Å². The van der Waals surface area contributed by atoms with Crippen LogP contribution in [0.15, 0.2) is 53.9 Å². The van der Waals surface area contributed by atoms with Crippen LogP contribution in [0, 0.1) is 0 Å². The molecule has 1 heterocycles. The molecule has 0 spiro atoms. The molecule has 0 bridgehead atoms. The molecule has 0 aliphatic carbocycles. The second-order valence-electron chi connectivity index (χ2n) is 7.65. The average Bonchev–Trinajstić information content (AvgIpc) is 2.88. The molecule has 184 valence electrons. The van der Waals surface area contributed by atoms with Crippen LogP contribution < -0.4 is 24.4 Å². The van der Waals surface area contributed by atoms with Gasteiger partial charge in [-0.1, -0.05) is 0 Å². The Hall–Kier alpha value is -4.18. The normalized spacial score (nSPS) is 10.9. The predicted molar refractivity (Wildman–Crippen MR) is 133 cm³/mol. The molecule has 1 amide bonds. The minimum atomic E-state index is -0.506. The molecular formula is C25H29N5O5. The summed E-state index contributed by atoms with van der Waals surface area (Å²) in [5.41, 5.74) is 4.45. The van der Waals surface area contributed by atoms with Crippen molar-refractivity contribution in [3.05, 3.63) is 60.0 Å². The lowest BCUT2D eigenvalue weighted by molar-refractivity contribution is 0.0950. The summed E-state index contributed by atoms with van der Waals surface area (Å²) in [5, 5.41) is 4.02. The number of likely N-dealkylation sites (N-methyl/N-ethyl adjacent to an activating group) is 1. The lowest BCUT2D eigenvalue weighted by Crippen LogP contribution is -2.20. The highest BCUT2D eigenvalue weighted by Gasteiger charge is 2.14. The Balaban J connectivity index is 1.77. The first-order chi connectivity index (χ1) is 16.9. The molecule has 0 aliphatic heterocycles. The highest BCUT2D eigenvalue weighted by molar-refractivity contribution is 5.93. The smallest absolute Gasteiger partial charge is 0.291 e. The third-order valence-electron chi connectivity index (χ3n) is 4.88. The maximum absolute atomic E-state index is 12.7. The van der Waals surface area contributed by atoms with Crippen molar-refractivity contribution in [1.82, 2.24) is 20.3 Å². The second-order valence-corrected chi connectivity index (χ2v) is 7.65. The van der Waals surface area contributed by atoms with Crippen molar-refractivity contribution in [2.24, 2.45) is 5.10 Å². The van der Waals surface area contributed by atoms with E-state index in [1.54, 1.807) is 57.9 Å². The SMILES string of the molecule is COc1cc(C=NNC(=O)c2cncc(-c3ccc(OC)cc3OCCN(C)C)n2)cc(OC)c1. The van der Waals surface area contributed by atoms with Crippen LogP contribution in [-0.2, 0) is 0 Å². The third kappa shape index (κ3) is 7.15. The number of rotatable bonds is 11. The Morgan fingerprint density at radius 1 is 1.00 bits per heavy atom. The standard InChI is InChI=1S/C25H29N5O5/c1-30(2)8-9-35-24-13-18(32-3)6-7-21(24)22-15-26-16-23(28-22)25(31)29-27-14-17-10-19(33-4)12-20(11-17)34-5/h6-7,10-16H,8-9H2,1-5H3,(H,29,31). The van der Waals surface area contributed by atoms with Crippen molar-refractivity contribution in [2.75, 3.05) is 48.6 Å². The minimum absolute atomic E-state index is 0.109. The summed E-state index contributed by atoms with van der Waals surface area (Å²) in [6.07, 6.45) is 4.43. The van der Waals surface area contributed by atoms with Crippen LogP contribution in [0.2, 0.25) is 0 Å². The molecule has 1 aromatic heterocycles. The van der Waals surface area contributed by atoms with E-state index in [0.717, 1.165) is 6.54 Å². The summed E-state index contributed by atoms with van der Waals surface area (Å²) in [6.45, 7) is 1.21. The Labute approximate surface area is 204 Å². The fourth-order valence-electron chi connectivity index (χ4n) is 3.03. The number of benzene rings is 2. The molecule has 10 nitrogen and oxygen atoms in total. The van der Waals surface area contributed by atoms with Gasteiger partial charge in [-0.2, -0.15) is 5.10 Å². The molecule has 0 radical (unpaired) electrons. The molecule has 0 atom stereocenters. The van der Waals surface area contributed by atoms with E-state index >= 15 is 0 Å². The Kier molecular flexibility index (Phi) is 8.96. The summed E-state index contributed by atoms with van der Waals surface area (Å²) in [5.74, 6) is 1.95. The van der Waals surface area contributed by atoms with Gasteiger partial charge in [0.05, 0.1) is 45.6 Å². The monoisotopic (exact) mass is 479 g/mol. The third-order valence-corrected chi connectivity index (χ3v) is 4.88. The average molecular weight is 480 g/mol. The van der Waals surface area contributed by atoms with Crippen molar-refractivity contribution in [1.29, 1.82) is 0 Å². The van der Waals surface area contributed by atoms with Crippen molar-refractivity contribution in [3.63, 3.8) is 0 Å². The zero-order valence-corrected chi connectivity index (χ0v) is 20.4.